The van der Waals surface area contributed by atoms with E-state index < -0.39 is 6.10 Å². The van der Waals surface area contributed by atoms with Crippen LogP contribution in [0.5, 0.6) is 0 Å². The van der Waals surface area contributed by atoms with Crippen LogP contribution in [-0.2, 0) is 14.3 Å². The smallest absolute Gasteiger partial charge is 0.253 e. The Balaban J connectivity index is 1.85. The summed E-state index contributed by atoms with van der Waals surface area (Å²) < 4.78 is 11.1. The van der Waals surface area contributed by atoms with Crippen molar-refractivity contribution in [3.63, 3.8) is 0 Å². The molecule has 1 aromatic carbocycles. The Bertz CT molecular complexity index is 511. The van der Waals surface area contributed by atoms with Gasteiger partial charge in [0.15, 0.2) is 0 Å². The standard InChI is InChI=1S/C15H20Cl2N2O3/c1-9(22-8-11-4-2-3-5-21-11)15(20)19-10-6-12(16)14(18)13(17)7-10/h6-7,9,11H,2-5,8,18H2,1H3,(H,19,20)/t9-,11-/m0/s1. The van der Waals surface area contributed by atoms with E-state index in [1.807, 2.05) is 0 Å². The molecule has 1 aliphatic heterocycles. The van der Waals surface area contributed by atoms with Crippen LogP contribution in [0, 0.1) is 0 Å². The second-order valence-electron chi connectivity index (χ2n) is 5.31. The van der Waals surface area contributed by atoms with Crippen molar-refractivity contribution < 1.29 is 14.3 Å². The first-order chi connectivity index (χ1) is 10.5. The number of benzene rings is 1. The first-order valence-electron chi connectivity index (χ1n) is 7.26. The Morgan fingerprint density at radius 1 is 1.45 bits per heavy atom. The number of hydrogen-bond donors (Lipinski definition) is 2. The second kappa shape index (κ2) is 8.02. The molecule has 1 aromatic rings. The minimum Gasteiger partial charge on any atom is -0.396 e. The summed E-state index contributed by atoms with van der Waals surface area (Å²) in [6, 6.07) is 3.11. The highest BCUT2D eigenvalue weighted by Crippen LogP contribution is 2.31. The van der Waals surface area contributed by atoms with Crippen LogP contribution in [0.25, 0.3) is 0 Å². The SMILES string of the molecule is C[C@H](OC[C@@H]1CCCCO1)C(=O)Nc1cc(Cl)c(N)c(Cl)c1. The van der Waals surface area contributed by atoms with E-state index in [2.05, 4.69) is 5.32 Å². The molecule has 5 nitrogen and oxygen atoms in total. The van der Waals surface area contributed by atoms with Gasteiger partial charge in [0.1, 0.15) is 6.10 Å². The number of nitrogens with two attached hydrogens (primary N) is 1. The lowest BCUT2D eigenvalue weighted by Crippen LogP contribution is -2.32. The van der Waals surface area contributed by atoms with E-state index >= 15 is 0 Å². The molecule has 122 valence electrons. The third kappa shape index (κ3) is 4.74. The fourth-order valence-corrected chi connectivity index (χ4v) is 2.65. The summed E-state index contributed by atoms with van der Waals surface area (Å²) in [5, 5.41) is 3.31. The number of carbonyl (C=O) groups is 1. The normalized spacial score (nSPS) is 19.7. The molecule has 2 atom stereocenters. The topological polar surface area (TPSA) is 73.6 Å². The van der Waals surface area contributed by atoms with Crippen molar-refractivity contribution in [2.45, 2.75) is 38.4 Å². The van der Waals surface area contributed by atoms with Crippen LogP contribution in [0.4, 0.5) is 11.4 Å². The van der Waals surface area contributed by atoms with Crippen LogP contribution in [-0.4, -0.2) is 31.3 Å². The average molecular weight is 347 g/mol. The van der Waals surface area contributed by atoms with Crippen molar-refractivity contribution >= 4 is 40.5 Å². The van der Waals surface area contributed by atoms with E-state index in [1.54, 1.807) is 19.1 Å². The molecule has 2 rings (SSSR count). The molecule has 0 aromatic heterocycles. The molecular weight excluding hydrogens is 327 g/mol. The van der Waals surface area contributed by atoms with Crippen molar-refractivity contribution in [1.82, 2.24) is 0 Å². The Hall–Kier alpha value is -1.01. The Morgan fingerprint density at radius 2 is 2.14 bits per heavy atom. The number of halogens is 2. The fourth-order valence-electron chi connectivity index (χ4n) is 2.17. The molecular formula is C15H20Cl2N2O3. The molecule has 1 aliphatic rings. The van der Waals surface area contributed by atoms with Gasteiger partial charge in [0.05, 0.1) is 28.4 Å². The van der Waals surface area contributed by atoms with Gasteiger partial charge in [0.2, 0.25) is 0 Å². The number of nitrogens with one attached hydrogen (secondary N) is 1. The first kappa shape index (κ1) is 17.3. The number of carbonyl (C=O) groups excluding carboxylic acids is 1. The summed E-state index contributed by atoms with van der Waals surface area (Å²) in [5.41, 5.74) is 6.43. The zero-order valence-corrected chi connectivity index (χ0v) is 13.9. The lowest BCUT2D eigenvalue weighted by molar-refractivity contribution is -0.130. The van der Waals surface area contributed by atoms with Gasteiger partial charge in [-0.3, -0.25) is 4.79 Å². The first-order valence-corrected chi connectivity index (χ1v) is 8.01. The molecule has 1 amide bonds. The highest BCUT2D eigenvalue weighted by Gasteiger charge is 2.19. The summed E-state index contributed by atoms with van der Waals surface area (Å²) in [6.45, 7) is 2.87. The lowest BCUT2D eigenvalue weighted by atomic mass is 10.1. The van der Waals surface area contributed by atoms with Gasteiger partial charge < -0.3 is 20.5 Å². The van der Waals surface area contributed by atoms with Crippen LogP contribution < -0.4 is 11.1 Å². The number of anilines is 2. The predicted molar refractivity (Wildman–Crippen MR) is 88.5 cm³/mol. The van der Waals surface area contributed by atoms with Gasteiger partial charge in [-0.2, -0.15) is 0 Å². The minimum absolute atomic E-state index is 0.0735. The van der Waals surface area contributed by atoms with E-state index in [0.717, 1.165) is 25.9 Å². The van der Waals surface area contributed by atoms with Crippen molar-refractivity contribution in [2.75, 3.05) is 24.3 Å². The van der Waals surface area contributed by atoms with Crippen molar-refractivity contribution in [3.05, 3.63) is 22.2 Å². The van der Waals surface area contributed by atoms with Gasteiger partial charge in [-0.25, -0.2) is 0 Å². The van der Waals surface area contributed by atoms with E-state index in [4.69, 9.17) is 38.4 Å². The number of ether oxygens (including phenoxy) is 2. The summed E-state index contributed by atoms with van der Waals surface area (Å²) in [6.07, 6.45) is 2.67. The number of hydrogen-bond acceptors (Lipinski definition) is 4. The van der Waals surface area contributed by atoms with E-state index in [1.165, 1.54) is 0 Å². The molecule has 1 saturated heterocycles. The minimum atomic E-state index is -0.597. The molecule has 1 heterocycles. The van der Waals surface area contributed by atoms with E-state index in [-0.39, 0.29) is 12.0 Å². The maximum atomic E-state index is 12.1. The van der Waals surface area contributed by atoms with Crippen LogP contribution in [0.3, 0.4) is 0 Å². The molecule has 0 spiro atoms. The van der Waals surface area contributed by atoms with Crippen molar-refractivity contribution in [2.24, 2.45) is 0 Å². The van der Waals surface area contributed by atoms with Gasteiger partial charge in [0.25, 0.3) is 5.91 Å². The Kier molecular flexibility index (Phi) is 6.32. The van der Waals surface area contributed by atoms with Crippen molar-refractivity contribution in [1.29, 1.82) is 0 Å². The molecule has 0 unspecified atom stereocenters. The van der Waals surface area contributed by atoms with Gasteiger partial charge in [0, 0.05) is 12.3 Å². The zero-order chi connectivity index (χ0) is 16.1. The molecule has 0 bridgehead atoms. The maximum absolute atomic E-state index is 12.1. The summed E-state index contributed by atoms with van der Waals surface area (Å²) in [4.78, 5) is 12.1. The quantitative estimate of drug-likeness (QED) is 0.800. The fraction of sp³-hybridized carbons (Fsp3) is 0.533. The van der Waals surface area contributed by atoms with Crippen LogP contribution >= 0.6 is 23.2 Å². The summed E-state index contributed by atoms with van der Waals surface area (Å²) >= 11 is 11.9. The van der Waals surface area contributed by atoms with Gasteiger partial charge in [-0.15, -0.1) is 0 Å². The van der Waals surface area contributed by atoms with Crippen LogP contribution in [0.1, 0.15) is 26.2 Å². The summed E-state index contributed by atoms with van der Waals surface area (Å²) in [5.74, 6) is -0.271. The largest absolute Gasteiger partial charge is 0.396 e. The number of nitrogen functional groups attached to an aromatic ring is 1. The maximum Gasteiger partial charge on any atom is 0.253 e. The highest BCUT2D eigenvalue weighted by atomic mass is 35.5. The Morgan fingerprint density at radius 3 is 2.73 bits per heavy atom. The predicted octanol–water partition coefficient (Wildman–Crippen LogP) is 3.49. The van der Waals surface area contributed by atoms with E-state index in [9.17, 15) is 4.79 Å². The van der Waals surface area contributed by atoms with Gasteiger partial charge in [-0.1, -0.05) is 23.2 Å². The van der Waals surface area contributed by atoms with Gasteiger partial charge >= 0.3 is 0 Å². The third-order valence-electron chi connectivity index (χ3n) is 3.52. The van der Waals surface area contributed by atoms with E-state index in [0.29, 0.717) is 28.0 Å². The van der Waals surface area contributed by atoms with Crippen molar-refractivity contribution in [3.8, 4) is 0 Å². The molecule has 1 fully saturated rings. The lowest BCUT2D eigenvalue weighted by Gasteiger charge is -2.24. The molecule has 3 N–H and O–H groups in total. The number of rotatable bonds is 5. The molecule has 7 heteroatoms. The molecule has 0 saturated carbocycles. The average Bonchev–Trinajstić information content (AvgIpc) is 2.51. The number of amides is 1. The highest BCUT2D eigenvalue weighted by molar-refractivity contribution is 6.39. The molecule has 22 heavy (non-hydrogen) atoms. The van der Waals surface area contributed by atoms with Crippen LogP contribution in [0.15, 0.2) is 12.1 Å². The monoisotopic (exact) mass is 346 g/mol. The summed E-state index contributed by atoms with van der Waals surface area (Å²) in [7, 11) is 0. The van der Waals surface area contributed by atoms with Gasteiger partial charge in [-0.05, 0) is 38.3 Å². The van der Waals surface area contributed by atoms with Crippen LogP contribution in [0.2, 0.25) is 10.0 Å². The second-order valence-corrected chi connectivity index (χ2v) is 6.12. The molecule has 0 aliphatic carbocycles. The third-order valence-corrected chi connectivity index (χ3v) is 4.15. The zero-order valence-electron chi connectivity index (χ0n) is 12.4. The molecule has 0 radical (unpaired) electrons. The Labute approximate surface area is 140 Å².